The molecular weight excluding hydrogens is 336 g/mol. The van der Waals surface area contributed by atoms with Gasteiger partial charge in [-0.3, -0.25) is 14.9 Å². The summed E-state index contributed by atoms with van der Waals surface area (Å²) in [6.07, 6.45) is 4.05. The number of carbonyl (C=O) groups is 1. The SMILES string of the molecule is Cc1c(C(=O)N2CCCCC2CCBr)cccc1[N+](=O)[O-]. The van der Waals surface area contributed by atoms with Crippen LogP contribution in [0.25, 0.3) is 0 Å². The first kappa shape index (κ1) is 15.9. The van der Waals surface area contributed by atoms with Gasteiger partial charge in [-0.05, 0) is 38.7 Å². The maximum Gasteiger partial charge on any atom is 0.273 e. The van der Waals surface area contributed by atoms with Crippen LogP contribution in [0.3, 0.4) is 0 Å². The Morgan fingerprint density at radius 2 is 2.24 bits per heavy atom. The minimum absolute atomic E-state index is 0.00917. The lowest BCUT2D eigenvalue weighted by atomic mass is 9.97. The summed E-state index contributed by atoms with van der Waals surface area (Å²) < 4.78 is 0. The zero-order valence-corrected chi connectivity index (χ0v) is 13.6. The molecule has 0 radical (unpaired) electrons. The van der Waals surface area contributed by atoms with E-state index in [-0.39, 0.29) is 17.6 Å². The third-order valence-corrected chi connectivity index (χ3v) is 4.52. The van der Waals surface area contributed by atoms with Crippen LogP contribution in [0.5, 0.6) is 0 Å². The van der Waals surface area contributed by atoms with Gasteiger partial charge in [-0.25, -0.2) is 0 Å². The quantitative estimate of drug-likeness (QED) is 0.470. The van der Waals surface area contributed by atoms with Gasteiger partial charge in [0.2, 0.25) is 0 Å². The van der Waals surface area contributed by atoms with E-state index in [0.29, 0.717) is 11.1 Å². The van der Waals surface area contributed by atoms with Crippen LogP contribution in [0.15, 0.2) is 18.2 Å². The van der Waals surface area contributed by atoms with Gasteiger partial charge in [0.15, 0.2) is 0 Å². The maximum atomic E-state index is 12.8. The number of benzene rings is 1. The first-order valence-electron chi connectivity index (χ1n) is 7.17. The maximum absolute atomic E-state index is 12.8. The third-order valence-electron chi connectivity index (χ3n) is 4.06. The first-order valence-corrected chi connectivity index (χ1v) is 8.29. The fourth-order valence-electron chi connectivity index (χ4n) is 2.90. The molecule has 21 heavy (non-hydrogen) atoms. The van der Waals surface area contributed by atoms with E-state index in [1.807, 2.05) is 4.90 Å². The number of alkyl halides is 1. The molecule has 1 unspecified atom stereocenters. The topological polar surface area (TPSA) is 63.5 Å². The Labute approximate surface area is 132 Å². The van der Waals surface area contributed by atoms with Crippen molar-refractivity contribution >= 4 is 27.5 Å². The van der Waals surface area contributed by atoms with Gasteiger partial charge in [0.05, 0.1) is 4.92 Å². The van der Waals surface area contributed by atoms with Crippen LogP contribution in [-0.2, 0) is 0 Å². The molecular formula is C15H19BrN2O3. The number of nitrogens with zero attached hydrogens (tertiary/aromatic N) is 2. The highest BCUT2D eigenvalue weighted by atomic mass is 79.9. The Balaban J connectivity index is 2.30. The standard InChI is InChI=1S/C15H19BrN2O3/c1-11-13(6-4-7-14(11)18(20)21)15(19)17-10-3-2-5-12(17)8-9-16/h4,6-7,12H,2-3,5,8-10H2,1H3. The van der Waals surface area contributed by atoms with Crippen molar-refractivity contribution in [2.75, 3.05) is 11.9 Å². The van der Waals surface area contributed by atoms with Crippen molar-refractivity contribution in [1.29, 1.82) is 0 Å². The first-order chi connectivity index (χ1) is 10.1. The average molecular weight is 355 g/mol. The normalized spacial score (nSPS) is 18.6. The molecule has 0 bridgehead atoms. The summed E-state index contributed by atoms with van der Waals surface area (Å²) >= 11 is 3.44. The van der Waals surface area contributed by atoms with Crippen molar-refractivity contribution in [2.45, 2.75) is 38.6 Å². The Kier molecular flexibility index (Phi) is 5.33. The second-order valence-electron chi connectivity index (χ2n) is 5.33. The summed E-state index contributed by atoms with van der Waals surface area (Å²) in [4.78, 5) is 25.2. The van der Waals surface area contributed by atoms with Gasteiger partial charge in [-0.15, -0.1) is 0 Å². The number of nitro groups is 1. The van der Waals surface area contributed by atoms with Crippen molar-refractivity contribution in [3.05, 3.63) is 39.4 Å². The molecule has 1 atom stereocenters. The molecule has 0 N–H and O–H groups in total. The smallest absolute Gasteiger partial charge is 0.273 e. The number of piperidine rings is 1. The lowest BCUT2D eigenvalue weighted by molar-refractivity contribution is -0.385. The van der Waals surface area contributed by atoms with E-state index in [2.05, 4.69) is 15.9 Å². The second-order valence-corrected chi connectivity index (χ2v) is 6.13. The van der Waals surface area contributed by atoms with E-state index in [9.17, 15) is 14.9 Å². The van der Waals surface area contributed by atoms with Gasteiger partial charge in [-0.2, -0.15) is 0 Å². The van der Waals surface area contributed by atoms with E-state index in [4.69, 9.17) is 0 Å². The average Bonchev–Trinajstić information content (AvgIpc) is 2.47. The summed E-state index contributed by atoms with van der Waals surface area (Å²) in [7, 11) is 0. The van der Waals surface area contributed by atoms with Crippen LogP contribution < -0.4 is 0 Å². The minimum atomic E-state index is -0.432. The Morgan fingerprint density at radius 1 is 1.48 bits per heavy atom. The molecule has 5 nitrogen and oxygen atoms in total. The highest BCUT2D eigenvalue weighted by Crippen LogP contribution is 2.26. The van der Waals surface area contributed by atoms with Crippen molar-refractivity contribution in [1.82, 2.24) is 4.90 Å². The monoisotopic (exact) mass is 354 g/mol. The number of hydrogen-bond donors (Lipinski definition) is 0. The molecule has 0 aromatic heterocycles. The van der Waals surface area contributed by atoms with Crippen LogP contribution >= 0.6 is 15.9 Å². The van der Waals surface area contributed by atoms with Gasteiger partial charge >= 0.3 is 0 Å². The van der Waals surface area contributed by atoms with Crippen LogP contribution in [0, 0.1) is 17.0 Å². The van der Waals surface area contributed by atoms with E-state index in [0.717, 1.165) is 37.6 Å². The molecule has 0 saturated carbocycles. The largest absolute Gasteiger partial charge is 0.336 e. The van der Waals surface area contributed by atoms with Crippen molar-refractivity contribution in [2.24, 2.45) is 0 Å². The van der Waals surface area contributed by atoms with E-state index < -0.39 is 4.92 Å². The summed E-state index contributed by atoms with van der Waals surface area (Å²) in [6, 6.07) is 4.94. The van der Waals surface area contributed by atoms with E-state index in [1.165, 1.54) is 6.07 Å². The van der Waals surface area contributed by atoms with E-state index >= 15 is 0 Å². The molecule has 2 rings (SSSR count). The van der Waals surface area contributed by atoms with Crippen LogP contribution in [0.1, 0.15) is 41.6 Å². The molecule has 6 heteroatoms. The van der Waals surface area contributed by atoms with Gasteiger partial charge in [-0.1, -0.05) is 22.0 Å². The molecule has 1 amide bonds. The van der Waals surface area contributed by atoms with Crippen molar-refractivity contribution < 1.29 is 9.72 Å². The molecule has 0 aliphatic carbocycles. The predicted octanol–water partition coefficient (Wildman–Crippen LogP) is 3.68. The number of likely N-dealkylation sites (tertiary alicyclic amines) is 1. The minimum Gasteiger partial charge on any atom is -0.336 e. The molecule has 114 valence electrons. The summed E-state index contributed by atoms with van der Waals surface area (Å²) in [5.74, 6) is -0.0816. The third kappa shape index (κ3) is 3.43. The number of nitro benzene ring substituents is 1. The summed E-state index contributed by atoms with van der Waals surface area (Å²) in [5, 5.41) is 11.9. The summed E-state index contributed by atoms with van der Waals surface area (Å²) in [5.41, 5.74) is 0.913. The Hall–Kier alpha value is -1.43. The predicted molar refractivity (Wildman–Crippen MR) is 84.9 cm³/mol. The van der Waals surface area contributed by atoms with Crippen molar-refractivity contribution in [3.8, 4) is 0 Å². The zero-order valence-electron chi connectivity index (χ0n) is 12.0. The van der Waals surface area contributed by atoms with Gasteiger partial charge in [0.1, 0.15) is 0 Å². The fraction of sp³-hybridized carbons (Fsp3) is 0.533. The lowest BCUT2D eigenvalue weighted by Gasteiger charge is -2.36. The highest BCUT2D eigenvalue weighted by Gasteiger charge is 2.29. The number of carbonyl (C=O) groups excluding carboxylic acids is 1. The number of hydrogen-bond acceptors (Lipinski definition) is 3. The zero-order chi connectivity index (χ0) is 15.4. The molecule has 1 saturated heterocycles. The van der Waals surface area contributed by atoms with Gasteiger partial charge < -0.3 is 4.90 Å². The number of amides is 1. The molecule has 1 aliphatic rings. The number of halogens is 1. The molecule has 1 aromatic carbocycles. The molecule has 1 aliphatic heterocycles. The number of rotatable bonds is 4. The van der Waals surface area contributed by atoms with Crippen LogP contribution in [-0.4, -0.2) is 33.6 Å². The molecule has 1 aromatic rings. The van der Waals surface area contributed by atoms with Gasteiger partial charge in [0.25, 0.3) is 11.6 Å². The van der Waals surface area contributed by atoms with Gasteiger partial charge in [0, 0.05) is 35.1 Å². The van der Waals surface area contributed by atoms with Crippen LogP contribution in [0.4, 0.5) is 5.69 Å². The molecule has 0 spiro atoms. The Bertz CT molecular complexity index is 546. The van der Waals surface area contributed by atoms with Crippen LogP contribution in [0.2, 0.25) is 0 Å². The molecule has 1 fully saturated rings. The van der Waals surface area contributed by atoms with Crippen molar-refractivity contribution in [3.63, 3.8) is 0 Å². The summed E-state index contributed by atoms with van der Waals surface area (Å²) in [6.45, 7) is 2.38. The van der Waals surface area contributed by atoms with E-state index in [1.54, 1.807) is 19.1 Å². The Morgan fingerprint density at radius 3 is 2.90 bits per heavy atom. The lowest BCUT2D eigenvalue weighted by Crippen LogP contribution is -2.44. The fourth-order valence-corrected chi connectivity index (χ4v) is 3.43. The highest BCUT2D eigenvalue weighted by molar-refractivity contribution is 9.09. The second kappa shape index (κ2) is 7.02. The molecule has 1 heterocycles.